The predicted molar refractivity (Wildman–Crippen MR) is 43.9 cm³/mol. The Kier molecular flexibility index (Phi) is 3.52. The van der Waals surface area contributed by atoms with Crippen LogP contribution >= 0.6 is 0 Å². The van der Waals surface area contributed by atoms with E-state index in [1.54, 1.807) is 13.8 Å². The number of aliphatic hydroxyl groups is 1. The van der Waals surface area contributed by atoms with Gasteiger partial charge in [0.25, 0.3) is 0 Å². The normalized spacial score (nSPS) is 14.3. The van der Waals surface area contributed by atoms with E-state index in [4.69, 9.17) is 0 Å². The summed E-state index contributed by atoms with van der Waals surface area (Å²) < 4.78 is 0. The Morgan fingerprint density at radius 1 is 1.64 bits per heavy atom. The Balaban J connectivity index is 3.88. The highest BCUT2D eigenvalue weighted by Gasteiger charge is 2.18. The highest BCUT2D eigenvalue weighted by atomic mass is 16.3. The molecule has 3 heteroatoms. The maximum absolute atomic E-state index is 11.1. The van der Waals surface area contributed by atoms with Crippen LogP contribution < -0.4 is 5.32 Å². The summed E-state index contributed by atoms with van der Waals surface area (Å²) in [4.78, 5) is 11.1. The van der Waals surface area contributed by atoms with Gasteiger partial charge in [0.1, 0.15) is 5.72 Å². The zero-order valence-corrected chi connectivity index (χ0v) is 7.64. The summed E-state index contributed by atoms with van der Waals surface area (Å²) >= 11 is 0. The number of hydrogen-bond acceptors (Lipinski definition) is 2. The summed E-state index contributed by atoms with van der Waals surface area (Å²) in [6, 6.07) is 0. The van der Waals surface area contributed by atoms with Gasteiger partial charge in [0.2, 0.25) is 5.91 Å². The number of nitrogens with one attached hydrogen (secondary N) is 1. The Hall–Kier alpha value is -0.570. The molecule has 0 saturated heterocycles. The molecule has 1 atom stereocenters. The Morgan fingerprint density at radius 2 is 2.09 bits per heavy atom. The summed E-state index contributed by atoms with van der Waals surface area (Å²) in [6.07, 6.45) is 0.794. The van der Waals surface area contributed by atoms with Crippen molar-refractivity contribution in [3.8, 4) is 0 Å². The fraction of sp³-hybridized carbons (Fsp3) is 0.875. The molecular weight excluding hydrogens is 142 g/mol. The van der Waals surface area contributed by atoms with Crippen LogP contribution in [0.2, 0.25) is 0 Å². The van der Waals surface area contributed by atoms with Crippen LogP contribution in [0, 0.1) is 5.92 Å². The number of hydrogen-bond donors (Lipinski definition) is 2. The van der Waals surface area contributed by atoms with Gasteiger partial charge < -0.3 is 10.4 Å². The van der Waals surface area contributed by atoms with Crippen LogP contribution in [0.15, 0.2) is 0 Å². The van der Waals surface area contributed by atoms with Crippen molar-refractivity contribution >= 4 is 5.91 Å². The van der Waals surface area contributed by atoms with Gasteiger partial charge in [-0.2, -0.15) is 0 Å². The predicted octanol–water partition coefficient (Wildman–Crippen LogP) is 0.877. The van der Waals surface area contributed by atoms with Crippen molar-refractivity contribution in [1.82, 2.24) is 5.32 Å². The van der Waals surface area contributed by atoms with Crippen LogP contribution in [0.3, 0.4) is 0 Å². The van der Waals surface area contributed by atoms with Gasteiger partial charge in [-0.05, 0) is 20.3 Å². The number of amides is 1. The first-order valence-electron chi connectivity index (χ1n) is 3.91. The molecule has 0 aromatic rings. The van der Waals surface area contributed by atoms with Crippen molar-refractivity contribution in [2.75, 3.05) is 0 Å². The zero-order valence-electron chi connectivity index (χ0n) is 7.64. The van der Waals surface area contributed by atoms with Crippen molar-refractivity contribution in [1.29, 1.82) is 0 Å². The number of rotatable bonds is 3. The molecule has 0 aliphatic rings. The summed E-state index contributed by atoms with van der Waals surface area (Å²) in [5.74, 6) is -0.124. The third-order valence-corrected chi connectivity index (χ3v) is 1.49. The van der Waals surface area contributed by atoms with E-state index in [1.807, 2.05) is 13.8 Å². The monoisotopic (exact) mass is 159 g/mol. The van der Waals surface area contributed by atoms with Crippen molar-refractivity contribution in [2.24, 2.45) is 5.92 Å². The van der Waals surface area contributed by atoms with E-state index in [0.717, 1.165) is 6.42 Å². The fourth-order valence-electron chi connectivity index (χ4n) is 0.610. The molecule has 1 amide bonds. The highest BCUT2D eigenvalue weighted by Crippen LogP contribution is 2.03. The molecule has 3 nitrogen and oxygen atoms in total. The molecule has 0 aliphatic carbocycles. The van der Waals surface area contributed by atoms with Gasteiger partial charge >= 0.3 is 0 Å². The lowest BCUT2D eigenvalue weighted by Crippen LogP contribution is -2.45. The average Bonchev–Trinajstić information content (AvgIpc) is 1.82. The SMILES string of the molecule is CCC(C)C(=O)NC(C)(C)O. The third kappa shape index (κ3) is 4.79. The second kappa shape index (κ2) is 3.72. The van der Waals surface area contributed by atoms with Gasteiger partial charge in [-0.1, -0.05) is 13.8 Å². The highest BCUT2D eigenvalue weighted by molar-refractivity contribution is 5.78. The van der Waals surface area contributed by atoms with E-state index < -0.39 is 5.72 Å². The molecule has 0 fully saturated rings. The molecule has 0 spiro atoms. The van der Waals surface area contributed by atoms with Crippen molar-refractivity contribution < 1.29 is 9.90 Å². The van der Waals surface area contributed by atoms with Crippen LogP contribution in [0.25, 0.3) is 0 Å². The third-order valence-electron chi connectivity index (χ3n) is 1.49. The smallest absolute Gasteiger partial charge is 0.224 e. The molecule has 0 aromatic carbocycles. The van der Waals surface area contributed by atoms with E-state index >= 15 is 0 Å². The van der Waals surface area contributed by atoms with Gasteiger partial charge in [0, 0.05) is 5.92 Å². The van der Waals surface area contributed by atoms with Crippen molar-refractivity contribution in [2.45, 2.75) is 39.8 Å². The average molecular weight is 159 g/mol. The topological polar surface area (TPSA) is 49.3 Å². The molecular formula is C8H17NO2. The minimum Gasteiger partial charge on any atom is -0.372 e. The number of carbonyl (C=O) groups is 1. The van der Waals surface area contributed by atoms with E-state index in [2.05, 4.69) is 5.32 Å². The lowest BCUT2D eigenvalue weighted by Gasteiger charge is -2.21. The van der Waals surface area contributed by atoms with Crippen LogP contribution in [-0.4, -0.2) is 16.7 Å². The van der Waals surface area contributed by atoms with Gasteiger partial charge in [0.05, 0.1) is 0 Å². The maximum Gasteiger partial charge on any atom is 0.224 e. The fourth-order valence-corrected chi connectivity index (χ4v) is 0.610. The molecule has 1 unspecified atom stereocenters. The standard InChI is InChI=1S/C8H17NO2/c1-5-6(2)7(10)9-8(3,4)11/h6,11H,5H2,1-4H3,(H,9,10). The summed E-state index contributed by atoms with van der Waals surface area (Å²) in [7, 11) is 0. The first kappa shape index (κ1) is 10.4. The van der Waals surface area contributed by atoms with E-state index in [0.29, 0.717) is 0 Å². The molecule has 0 bridgehead atoms. The Labute approximate surface area is 67.8 Å². The zero-order chi connectivity index (χ0) is 9.07. The van der Waals surface area contributed by atoms with Gasteiger partial charge in [0.15, 0.2) is 0 Å². The molecule has 0 heterocycles. The van der Waals surface area contributed by atoms with Crippen LogP contribution in [-0.2, 0) is 4.79 Å². The second-order valence-corrected chi connectivity index (χ2v) is 3.36. The molecule has 0 aliphatic heterocycles. The summed E-state index contributed by atoms with van der Waals surface area (Å²) in [5.41, 5.74) is -1.10. The Bertz CT molecular complexity index is 138. The van der Waals surface area contributed by atoms with Gasteiger partial charge in [-0.3, -0.25) is 4.79 Å². The first-order chi connectivity index (χ1) is 4.87. The number of carbonyl (C=O) groups excluding carboxylic acids is 1. The van der Waals surface area contributed by atoms with Crippen molar-refractivity contribution in [3.05, 3.63) is 0 Å². The minimum absolute atomic E-state index is 0.0265. The molecule has 0 radical (unpaired) electrons. The first-order valence-corrected chi connectivity index (χ1v) is 3.91. The Morgan fingerprint density at radius 3 is 2.36 bits per heavy atom. The molecule has 66 valence electrons. The lowest BCUT2D eigenvalue weighted by atomic mass is 10.1. The van der Waals surface area contributed by atoms with E-state index in [1.165, 1.54) is 0 Å². The largest absolute Gasteiger partial charge is 0.372 e. The quantitative estimate of drug-likeness (QED) is 0.600. The van der Waals surface area contributed by atoms with Gasteiger partial charge in [-0.25, -0.2) is 0 Å². The van der Waals surface area contributed by atoms with Crippen LogP contribution in [0.1, 0.15) is 34.1 Å². The van der Waals surface area contributed by atoms with Crippen LogP contribution in [0.5, 0.6) is 0 Å². The van der Waals surface area contributed by atoms with E-state index in [-0.39, 0.29) is 11.8 Å². The summed E-state index contributed by atoms with van der Waals surface area (Å²) in [6.45, 7) is 6.87. The maximum atomic E-state index is 11.1. The van der Waals surface area contributed by atoms with E-state index in [9.17, 15) is 9.90 Å². The second-order valence-electron chi connectivity index (χ2n) is 3.36. The van der Waals surface area contributed by atoms with Gasteiger partial charge in [-0.15, -0.1) is 0 Å². The molecule has 0 rings (SSSR count). The minimum atomic E-state index is -1.10. The van der Waals surface area contributed by atoms with Crippen LogP contribution in [0.4, 0.5) is 0 Å². The van der Waals surface area contributed by atoms with Crippen molar-refractivity contribution in [3.63, 3.8) is 0 Å². The molecule has 11 heavy (non-hydrogen) atoms. The lowest BCUT2D eigenvalue weighted by molar-refractivity contribution is -0.130. The molecule has 0 aromatic heterocycles. The molecule has 0 saturated carbocycles. The summed E-state index contributed by atoms with van der Waals surface area (Å²) in [5, 5.41) is 11.7. The molecule has 2 N–H and O–H groups in total.